The Kier molecular flexibility index (Phi) is 6.09. The van der Waals surface area contributed by atoms with Crippen molar-refractivity contribution in [1.82, 2.24) is 9.80 Å². The third kappa shape index (κ3) is 3.93. The maximum absolute atomic E-state index is 12.5. The molecule has 1 aromatic rings. The van der Waals surface area contributed by atoms with Crippen molar-refractivity contribution in [3.63, 3.8) is 0 Å². The van der Waals surface area contributed by atoms with Crippen LogP contribution in [0.25, 0.3) is 0 Å². The number of rotatable bonds is 2. The van der Waals surface area contributed by atoms with E-state index in [2.05, 4.69) is 4.90 Å². The van der Waals surface area contributed by atoms with Crippen LogP contribution in [-0.2, 0) is 0 Å². The average Bonchev–Trinajstić information content (AvgIpc) is 2.56. The summed E-state index contributed by atoms with van der Waals surface area (Å²) < 4.78 is 0. The van der Waals surface area contributed by atoms with Gasteiger partial charge in [0.05, 0.1) is 0 Å². The summed E-state index contributed by atoms with van der Waals surface area (Å²) in [6, 6.07) is 8.00. The van der Waals surface area contributed by atoms with Gasteiger partial charge in [0.25, 0.3) is 5.91 Å². The summed E-state index contributed by atoms with van der Waals surface area (Å²) in [5.74, 6) is 0.137. The van der Waals surface area contributed by atoms with Crippen LogP contribution in [0.15, 0.2) is 24.3 Å². The molecular formula is C17H26ClN3O. The minimum absolute atomic E-state index is 0. The molecular weight excluding hydrogens is 298 g/mol. The first-order chi connectivity index (χ1) is 10.2. The van der Waals surface area contributed by atoms with E-state index in [1.165, 1.54) is 32.1 Å². The van der Waals surface area contributed by atoms with Gasteiger partial charge < -0.3 is 10.6 Å². The number of anilines is 1. The molecule has 1 amide bonds. The molecule has 1 aliphatic carbocycles. The van der Waals surface area contributed by atoms with Crippen molar-refractivity contribution >= 4 is 24.0 Å². The lowest BCUT2D eigenvalue weighted by atomic mass is 9.94. The van der Waals surface area contributed by atoms with E-state index in [0.717, 1.165) is 37.8 Å². The maximum atomic E-state index is 12.5. The Hall–Kier alpha value is -1.26. The third-order valence-electron chi connectivity index (χ3n) is 4.85. The second-order valence-electron chi connectivity index (χ2n) is 6.24. The molecule has 1 saturated carbocycles. The fourth-order valence-electron chi connectivity index (χ4n) is 3.54. The van der Waals surface area contributed by atoms with Gasteiger partial charge in [-0.3, -0.25) is 9.69 Å². The predicted octanol–water partition coefficient (Wildman–Crippen LogP) is 2.78. The molecule has 0 bridgehead atoms. The summed E-state index contributed by atoms with van der Waals surface area (Å²) >= 11 is 0. The van der Waals surface area contributed by atoms with Crippen LogP contribution in [-0.4, -0.2) is 47.9 Å². The van der Waals surface area contributed by atoms with Crippen LogP contribution in [0.1, 0.15) is 42.5 Å². The van der Waals surface area contributed by atoms with Crippen LogP contribution in [0.3, 0.4) is 0 Å². The zero-order valence-corrected chi connectivity index (χ0v) is 13.9. The summed E-state index contributed by atoms with van der Waals surface area (Å²) in [5.41, 5.74) is 7.12. The van der Waals surface area contributed by atoms with Gasteiger partial charge in [-0.2, -0.15) is 0 Å². The lowest BCUT2D eigenvalue weighted by molar-refractivity contribution is 0.0523. The molecule has 0 atom stereocenters. The Morgan fingerprint density at radius 3 is 2.14 bits per heavy atom. The van der Waals surface area contributed by atoms with Crippen LogP contribution in [0.2, 0.25) is 0 Å². The molecule has 1 saturated heterocycles. The van der Waals surface area contributed by atoms with E-state index < -0.39 is 0 Å². The van der Waals surface area contributed by atoms with Crippen molar-refractivity contribution < 1.29 is 4.79 Å². The smallest absolute Gasteiger partial charge is 0.253 e. The number of hydrogen-bond acceptors (Lipinski definition) is 3. The Balaban J connectivity index is 0.00000176. The Labute approximate surface area is 139 Å². The molecule has 22 heavy (non-hydrogen) atoms. The summed E-state index contributed by atoms with van der Waals surface area (Å²) in [6.07, 6.45) is 6.81. The monoisotopic (exact) mass is 323 g/mol. The highest BCUT2D eigenvalue weighted by molar-refractivity contribution is 5.94. The van der Waals surface area contributed by atoms with Crippen molar-refractivity contribution in [1.29, 1.82) is 0 Å². The minimum atomic E-state index is 0. The van der Waals surface area contributed by atoms with Gasteiger partial charge in [-0.1, -0.05) is 19.3 Å². The standard InChI is InChI=1S/C17H25N3O.ClH/c18-15-8-6-14(7-9-15)17(21)20-12-10-19(11-13-20)16-4-2-1-3-5-16;/h6-9,16H,1-5,10-13,18H2;1H. The first kappa shape index (κ1) is 17.1. The van der Waals surface area contributed by atoms with Crippen molar-refractivity contribution in [2.75, 3.05) is 31.9 Å². The van der Waals surface area contributed by atoms with E-state index in [0.29, 0.717) is 5.69 Å². The number of benzene rings is 1. The lowest BCUT2D eigenvalue weighted by Gasteiger charge is -2.40. The minimum Gasteiger partial charge on any atom is -0.399 e. The fraction of sp³-hybridized carbons (Fsp3) is 0.588. The number of piperazine rings is 1. The molecule has 5 heteroatoms. The second kappa shape index (κ2) is 7.84. The predicted molar refractivity (Wildman–Crippen MR) is 92.5 cm³/mol. The van der Waals surface area contributed by atoms with E-state index in [-0.39, 0.29) is 18.3 Å². The van der Waals surface area contributed by atoms with E-state index in [1.54, 1.807) is 12.1 Å². The molecule has 1 heterocycles. The van der Waals surface area contributed by atoms with Crippen molar-refractivity contribution in [2.45, 2.75) is 38.1 Å². The van der Waals surface area contributed by atoms with Gasteiger partial charge >= 0.3 is 0 Å². The van der Waals surface area contributed by atoms with Crippen molar-refractivity contribution in [3.05, 3.63) is 29.8 Å². The molecule has 3 rings (SSSR count). The number of halogens is 1. The van der Waals surface area contributed by atoms with Gasteiger partial charge in [-0.15, -0.1) is 12.4 Å². The number of carbonyl (C=O) groups excluding carboxylic acids is 1. The first-order valence-corrected chi connectivity index (χ1v) is 8.13. The van der Waals surface area contributed by atoms with Crippen LogP contribution in [0.5, 0.6) is 0 Å². The molecule has 2 fully saturated rings. The quantitative estimate of drug-likeness (QED) is 0.851. The zero-order chi connectivity index (χ0) is 14.7. The highest BCUT2D eigenvalue weighted by atomic mass is 35.5. The van der Waals surface area contributed by atoms with Crippen LogP contribution in [0.4, 0.5) is 5.69 Å². The van der Waals surface area contributed by atoms with Crippen LogP contribution < -0.4 is 5.73 Å². The van der Waals surface area contributed by atoms with Crippen molar-refractivity contribution in [3.8, 4) is 0 Å². The second-order valence-corrected chi connectivity index (χ2v) is 6.24. The first-order valence-electron chi connectivity index (χ1n) is 8.13. The largest absolute Gasteiger partial charge is 0.399 e. The van der Waals surface area contributed by atoms with Gasteiger partial charge in [-0.05, 0) is 37.1 Å². The lowest BCUT2D eigenvalue weighted by Crippen LogP contribution is -2.52. The van der Waals surface area contributed by atoms with Gasteiger partial charge in [0.2, 0.25) is 0 Å². The molecule has 0 spiro atoms. The zero-order valence-electron chi connectivity index (χ0n) is 13.0. The van der Waals surface area contributed by atoms with E-state index in [9.17, 15) is 4.79 Å². The van der Waals surface area contributed by atoms with Gasteiger partial charge in [0.15, 0.2) is 0 Å². The Morgan fingerprint density at radius 2 is 1.55 bits per heavy atom. The summed E-state index contributed by atoms with van der Waals surface area (Å²) in [7, 11) is 0. The SMILES string of the molecule is Cl.Nc1ccc(C(=O)N2CCN(C3CCCCC3)CC2)cc1. The normalized spacial score (nSPS) is 20.5. The molecule has 2 N–H and O–H groups in total. The molecule has 0 aromatic heterocycles. The fourth-order valence-corrected chi connectivity index (χ4v) is 3.54. The summed E-state index contributed by atoms with van der Waals surface area (Å²) in [6.45, 7) is 3.73. The number of nitrogen functional groups attached to an aromatic ring is 1. The van der Waals surface area contributed by atoms with Gasteiger partial charge in [-0.25, -0.2) is 0 Å². The number of nitrogens with two attached hydrogens (primary N) is 1. The van der Waals surface area contributed by atoms with Crippen LogP contribution >= 0.6 is 12.4 Å². The van der Waals surface area contributed by atoms with Crippen LogP contribution in [0, 0.1) is 0 Å². The molecule has 1 aromatic carbocycles. The molecule has 122 valence electrons. The number of hydrogen-bond donors (Lipinski definition) is 1. The number of amides is 1. The molecule has 2 aliphatic rings. The Morgan fingerprint density at radius 1 is 0.955 bits per heavy atom. The molecule has 1 aliphatic heterocycles. The summed E-state index contributed by atoms with van der Waals surface area (Å²) in [5, 5.41) is 0. The van der Waals surface area contributed by atoms with E-state index in [1.807, 2.05) is 17.0 Å². The van der Waals surface area contributed by atoms with Gasteiger partial charge in [0, 0.05) is 43.5 Å². The highest BCUT2D eigenvalue weighted by Crippen LogP contribution is 2.23. The summed E-state index contributed by atoms with van der Waals surface area (Å²) in [4.78, 5) is 17.0. The van der Waals surface area contributed by atoms with E-state index >= 15 is 0 Å². The molecule has 0 radical (unpaired) electrons. The topological polar surface area (TPSA) is 49.6 Å². The number of carbonyl (C=O) groups is 1. The molecule has 4 nitrogen and oxygen atoms in total. The highest BCUT2D eigenvalue weighted by Gasteiger charge is 2.27. The molecule has 0 unspecified atom stereocenters. The third-order valence-corrected chi connectivity index (χ3v) is 4.85. The average molecular weight is 324 g/mol. The number of nitrogens with zero attached hydrogens (tertiary/aromatic N) is 2. The van der Waals surface area contributed by atoms with E-state index in [4.69, 9.17) is 5.73 Å². The van der Waals surface area contributed by atoms with Crippen molar-refractivity contribution in [2.24, 2.45) is 0 Å². The maximum Gasteiger partial charge on any atom is 0.253 e. The Bertz CT molecular complexity index is 477. The van der Waals surface area contributed by atoms with Gasteiger partial charge in [0.1, 0.15) is 0 Å².